The van der Waals surface area contributed by atoms with Crippen LogP contribution in [0.25, 0.3) is 0 Å². The Kier molecular flexibility index (Phi) is 4.50. The first-order chi connectivity index (χ1) is 6.36. The van der Waals surface area contributed by atoms with Crippen LogP contribution in [0.5, 0.6) is 0 Å². The SMILES string of the molecule is CCCCOC1CCN(N=C=O)C1. The predicted molar refractivity (Wildman–Crippen MR) is 49.0 cm³/mol. The Morgan fingerprint density at radius 2 is 2.54 bits per heavy atom. The van der Waals surface area contributed by atoms with Crippen molar-refractivity contribution >= 4 is 6.08 Å². The maximum absolute atomic E-state index is 9.95. The summed E-state index contributed by atoms with van der Waals surface area (Å²) in [6.45, 7) is 4.51. The number of hydrogen-bond acceptors (Lipinski definition) is 4. The minimum Gasteiger partial charge on any atom is -0.376 e. The molecule has 1 aliphatic heterocycles. The molecule has 1 heterocycles. The van der Waals surface area contributed by atoms with Gasteiger partial charge in [0.05, 0.1) is 12.6 Å². The summed E-state index contributed by atoms with van der Waals surface area (Å²) in [6, 6.07) is 0. The molecule has 1 aliphatic rings. The first-order valence-corrected chi connectivity index (χ1v) is 4.81. The van der Waals surface area contributed by atoms with Gasteiger partial charge in [0.1, 0.15) is 0 Å². The Morgan fingerprint density at radius 1 is 1.69 bits per heavy atom. The highest BCUT2D eigenvalue weighted by atomic mass is 16.5. The third kappa shape index (κ3) is 3.57. The summed E-state index contributed by atoms with van der Waals surface area (Å²) in [7, 11) is 0. The van der Waals surface area contributed by atoms with Gasteiger partial charge in [-0.25, -0.2) is 4.79 Å². The molecule has 0 aromatic heterocycles. The second-order valence-corrected chi connectivity index (χ2v) is 3.24. The van der Waals surface area contributed by atoms with Gasteiger partial charge in [0.15, 0.2) is 0 Å². The maximum Gasteiger partial charge on any atom is 0.258 e. The summed E-state index contributed by atoms with van der Waals surface area (Å²) in [5, 5.41) is 5.26. The van der Waals surface area contributed by atoms with Crippen molar-refractivity contribution in [3.05, 3.63) is 0 Å². The number of hydrazone groups is 1. The van der Waals surface area contributed by atoms with Crippen LogP contribution in [0.2, 0.25) is 0 Å². The molecule has 0 amide bonds. The molecule has 4 nitrogen and oxygen atoms in total. The van der Waals surface area contributed by atoms with E-state index in [1.165, 1.54) is 0 Å². The monoisotopic (exact) mass is 184 g/mol. The molecule has 0 spiro atoms. The van der Waals surface area contributed by atoms with Gasteiger partial charge in [0, 0.05) is 13.2 Å². The lowest BCUT2D eigenvalue weighted by atomic mass is 10.3. The highest BCUT2D eigenvalue weighted by Gasteiger charge is 2.21. The number of hydrogen-bond donors (Lipinski definition) is 0. The Bertz CT molecular complexity index is 190. The maximum atomic E-state index is 9.95. The molecule has 0 aliphatic carbocycles. The topological polar surface area (TPSA) is 41.9 Å². The molecular formula is C9H16N2O2. The molecule has 0 N–H and O–H groups in total. The molecule has 4 heteroatoms. The number of rotatable bonds is 5. The van der Waals surface area contributed by atoms with Crippen LogP contribution in [0.15, 0.2) is 5.10 Å². The molecule has 1 atom stereocenters. The number of unbranched alkanes of at least 4 members (excludes halogenated alkanes) is 1. The lowest BCUT2D eigenvalue weighted by Crippen LogP contribution is -2.18. The van der Waals surface area contributed by atoms with E-state index in [1.54, 1.807) is 11.1 Å². The zero-order valence-corrected chi connectivity index (χ0v) is 8.03. The van der Waals surface area contributed by atoms with Crippen molar-refractivity contribution in [2.24, 2.45) is 5.10 Å². The quantitative estimate of drug-likeness (QED) is 0.365. The molecule has 0 bridgehead atoms. The molecule has 1 rings (SSSR count). The summed E-state index contributed by atoms with van der Waals surface area (Å²) in [4.78, 5) is 9.95. The Labute approximate surface area is 78.6 Å². The molecule has 1 saturated heterocycles. The molecule has 74 valence electrons. The standard InChI is InChI=1S/C9H16N2O2/c1-2-3-6-13-9-4-5-11(7-9)10-8-12/h9H,2-7H2,1H3. The molecule has 0 radical (unpaired) electrons. The van der Waals surface area contributed by atoms with E-state index in [4.69, 9.17) is 4.74 Å². The Balaban J connectivity index is 2.13. The summed E-state index contributed by atoms with van der Waals surface area (Å²) in [5.41, 5.74) is 0. The van der Waals surface area contributed by atoms with Gasteiger partial charge >= 0.3 is 0 Å². The number of ether oxygens (including phenoxy) is 1. The highest BCUT2D eigenvalue weighted by Crippen LogP contribution is 2.12. The molecule has 1 fully saturated rings. The van der Waals surface area contributed by atoms with Gasteiger partial charge in [-0.05, 0) is 12.8 Å². The Morgan fingerprint density at radius 3 is 3.23 bits per heavy atom. The average molecular weight is 184 g/mol. The average Bonchev–Trinajstić information content (AvgIpc) is 2.54. The number of nitrogens with zero attached hydrogens (tertiary/aromatic N) is 2. The zero-order chi connectivity index (χ0) is 9.52. The van der Waals surface area contributed by atoms with Gasteiger partial charge in [-0.2, -0.15) is 0 Å². The Hall–Kier alpha value is -0.860. The number of carbonyl (C=O) groups excluding carboxylic acids is 1. The highest BCUT2D eigenvalue weighted by molar-refractivity contribution is 5.32. The molecule has 13 heavy (non-hydrogen) atoms. The lowest BCUT2D eigenvalue weighted by molar-refractivity contribution is 0.0575. The third-order valence-electron chi connectivity index (χ3n) is 2.16. The summed E-state index contributed by atoms with van der Waals surface area (Å²) < 4.78 is 5.59. The second kappa shape index (κ2) is 5.73. The first-order valence-electron chi connectivity index (χ1n) is 4.81. The van der Waals surface area contributed by atoms with Crippen LogP contribution in [-0.2, 0) is 9.53 Å². The van der Waals surface area contributed by atoms with Gasteiger partial charge in [-0.3, -0.25) is 5.01 Å². The van der Waals surface area contributed by atoms with E-state index in [0.29, 0.717) is 0 Å². The van der Waals surface area contributed by atoms with Crippen molar-refractivity contribution < 1.29 is 9.53 Å². The fourth-order valence-electron chi connectivity index (χ4n) is 1.39. The van der Waals surface area contributed by atoms with E-state index in [-0.39, 0.29) is 6.10 Å². The van der Waals surface area contributed by atoms with Crippen molar-refractivity contribution in [2.75, 3.05) is 19.7 Å². The molecule has 0 aromatic rings. The molecular weight excluding hydrogens is 168 g/mol. The van der Waals surface area contributed by atoms with Crippen molar-refractivity contribution in [3.63, 3.8) is 0 Å². The van der Waals surface area contributed by atoms with Gasteiger partial charge < -0.3 is 4.74 Å². The predicted octanol–water partition coefficient (Wildman–Crippen LogP) is 1.13. The van der Waals surface area contributed by atoms with E-state index in [1.807, 2.05) is 0 Å². The number of isocyanates is 1. The summed E-state index contributed by atoms with van der Waals surface area (Å²) in [6.07, 6.45) is 5.02. The van der Waals surface area contributed by atoms with E-state index in [0.717, 1.165) is 39.0 Å². The normalized spacial score (nSPS) is 21.6. The van der Waals surface area contributed by atoms with Crippen LogP contribution in [0, 0.1) is 0 Å². The fourth-order valence-corrected chi connectivity index (χ4v) is 1.39. The van der Waals surface area contributed by atoms with E-state index >= 15 is 0 Å². The minimum absolute atomic E-state index is 0.253. The lowest BCUT2D eigenvalue weighted by Gasteiger charge is -2.11. The van der Waals surface area contributed by atoms with Crippen LogP contribution >= 0.6 is 0 Å². The molecule has 0 aromatic carbocycles. The second-order valence-electron chi connectivity index (χ2n) is 3.24. The van der Waals surface area contributed by atoms with Crippen LogP contribution in [0.4, 0.5) is 0 Å². The summed E-state index contributed by atoms with van der Waals surface area (Å²) in [5.74, 6) is 0. The fraction of sp³-hybridized carbons (Fsp3) is 0.889. The van der Waals surface area contributed by atoms with E-state index in [9.17, 15) is 4.79 Å². The van der Waals surface area contributed by atoms with Gasteiger partial charge in [0.25, 0.3) is 6.08 Å². The minimum atomic E-state index is 0.253. The van der Waals surface area contributed by atoms with E-state index in [2.05, 4.69) is 12.0 Å². The molecule has 1 unspecified atom stereocenters. The van der Waals surface area contributed by atoms with Gasteiger partial charge in [-0.15, -0.1) is 0 Å². The van der Waals surface area contributed by atoms with Crippen LogP contribution in [0.3, 0.4) is 0 Å². The van der Waals surface area contributed by atoms with Crippen LogP contribution in [-0.4, -0.2) is 36.9 Å². The molecule has 0 saturated carbocycles. The van der Waals surface area contributed by atoms with Gasteiger partial charge in [0.2, 0.25) is 0 Å². The largest absolute Gasteiger partial charge is 0.376 e. The van der Waals surface area contributed by atoms with Crippen molar-refractivity contribution in [1.82, 2.24) is 5.01 Å². The van der Waals surface area contributed by atoms with Crippen LogP contribution in [0.1, 0.15) is 26.2 Å². The van der Waals surface area contributed by atoms with E-state index < -0.39 is 0 Å². The smallest absolute Gasteiger partial charge is 0.258 e. The van der Waals surface area contributed by atoms with Gasteiger partial charge in [-0.1, -0.05) is 18.4 Å². The van der Waals surface area contributed by atoms with Crippen molar-refractivity contribution in [2.45, 2.75) is 32.3 Å². The first kappa shape index (κ1) is 10.2. The van der Waals surface area contributed by atoms with Crippen molar-refractivity contribution in [3.8, 4) is 0 Å². The zero-order valence-electron chi connectivity index (χ0n) is 8.03. The van der Waals surface area contributed by atoms with Crippen molar-refractivity contribution in [1.29, 1.82) is 0 Å². The third-order valence-corrected chi connectivity index (χ3v) is 2.16. The summed E-state index contributed by atoms with van der Waals surface area (Å²) >= 11 is 0. The van der Waals surface area contributed by atoms with Crippen LogP contribution < -0.4 is 0 Å².